The van der Waals surface area contributed by atoms with Gasteiger partial charge >= 0.3 is 11.9 Å². The van der Waals surface area contributed by atoms with Crippen molar-refractivity contribution in [1.82, 2.24) is 15.4 Å². The van der Waals surface area contributed by atoms with E-state index < -0.39 is 5.92 Å². The van der Waals surface area contributed by atoms with Crippen molar-refractivity contribution in [3.05, 3.63) is 101 Å². The molecule has 1 aromatic heterocycles. The number of Topliss-reactive ketones (excluding diaryl/α,β-unsaturated/α-hetero) is 1. The maximum Gasteiger partial charge on any atom is 0.309 e. The Balaban J connectivity index is 1.10. The lowest BCUT2D eigenvalue weighted by atomic mass is 9.96. The number of likely N-dealkylation sites (tertiary alicyclic amines) is 1. The molecule has 4 atom stereocenters. The molecule has 5 rings (SSSR count). The summed E-state index contributed by atoms with van der Waals surface area (Å²) in [4.78, 5) is 52.7. The first-order valence-corrected chi connectivity index (χ1v) is 17.4. The molecule has 2 saturated heterocycles. The van der Waals surface area contributed by atoms with E-state index in [0.717, 1.165) is 24.0 Å². The Morgan fingerprint density at radius 1 is 1.08 bits per heavy atom. The third-order valence-corrected chi connectivity index (χ3v) is 9.35. The van der Waals surface area contributed by atoms with Gasteiger partial charge in [0.05, 0.1) is 37.1 Å². The summed E-state index contributed by atoms with van der Waals surface area (Å²) >= 11 is 0. The monoisotopic (exact) mass is 669 g/mol. The van der Waals surface area contributed by atoms with Gasteiger partial charge in [-0.1, -0.05) is 66.3 Å². The fourth-order valence-electron chi connectivity index (χ4n) is 6.62. The first-order valence-electron chi connectivity index (χ1n) is 17.4. The molecule has 0 saturated carbocycles. The lowest BCUT2D eigenvalue weighted by Crippen LogP contribution is -2.32. The van der Waals surface area contributed by atoms with Crippen molar-refractivity contribution in [2.45, 2.75) is 89.8 Å². The van der Waals surface area contributed by atoms with Gasteiger partial charge in [-0.15, -0.1) is 0 Å². The summed E-state index contributed by atoms with van der Waals surface area (Å²) in [7, 11) is 0. The molecule has 3 unspecified atom stereocenters. The van der Waals surface area contributed by atoms with Crippen molar-refractivity contribution >= 4 is 23.6 Å². The molecule has 10 nitrogen and oxygen atoms in total. The van der Waals surface area contributed by atoms with E-state index in [2.05, 4.69) is 36.1 Å². The predicted molar refractivity (Wildman–Crippen MR) is 183 cm³/mol. The minimum absolute atomic E-state index is 0.0183. The summed E-state index contributed by atoms with van der Waals surface area (Å²) in [5.74, 6) is -0.389. The lowest BCUT2D eigenvalue weighted by Gasteiger charge is -2.23. The van der Waals surface area contributed by atoms with Crippen LogP contribution in [0.3, 0.4) is 0 Å². The molecular weight excluding hydrogens is 622 g/mol. The van der Waals surface area contributed by atoms with Gasteiger partial charge in [0.1, 0.15) is 18.1 Å². The number of ether oxygens (including phenoxy) is 2. The molecule has 3 aromatic rings. The van der Waals surface area contributed by atoms with Gasteiger partial charge in [-0.25, -0.2) is 0 Å². The van der Waals surface area contributed by atoms with Crippen molar-refractivity contribution in [3.8, 4) is 0 Å². The Hall–Kier alpha value is -4.57. The summed E-state index contributed by atoms with van der Waals surface area (Å²) in [5.41, 5.74) is 5.04. The average molecular weight is 670 g/mol. The summed E-state index contributed by atoms with van der Waals surface area (Å²) in [6.07, 6.45) is 5.94. The number of aryl methyl sites for hydroxylation is 2. The number of nitrogens with zero attached hydrogens (tertiary/aromatic N) is 2. The number of benzene rings is 2. The number of amides is 1. The van der Waals surface area contributed by atoms with E-state index in [1.807, 2.05) is 47.4 Å². The maximum absolute atomic E-state index is 13.4. The Morgan fingerprint density at radius 3 is 2.61 bits per heavy atom. The topological polar surface area (TPSA) is 138 Å². The van der Waals surface area contributed by atoms with Crippen LogP contribution in [0.2, 0.25) is 0 Å². The van der Waals surface area contributed by atoms with E-state index in [1.54, 1.807) is 6.92 Å². The second-order valence-corrected chi connectivity index (χ2v) is 12.9. The van der Waals surface area contributed by atoms with Crippen molar-refractivity contribution in [2.75, 3.05) is 19.8 Å². The number of aromatic nitrogens is 1. The Morgan fingerprint density at radius 2 is 1.86 bits per heavy atom. The minimum atomic E-state index is -0.490. The first-order chi connectivity index (χ1) is 23.8. The molecule has 10 heteroatoms. The van der Waals surface area contributed by atoms with Gasteiger partial charge in [-0.2, -0.15) is 0 Å². The highest BCUT2D eigenvalue weighted by Gasteiger charge is 2.43. The van der Waals surface area contributed by atoms with Gasteiger partial charge in [0.15, 0.2) is 5.78 Å². The fourth-order valence-corrected chi connectivity index (χ4v) is 6.62. The molecule has 2 aliphatic heterocycles. The van der Waals surface area contributed by atoms with Crippen LogP contribution in [0.1, 0.15) is 91.2 Å². The van der Waals surface area contributed by atoms with Gasteiger partial charge in [-0.3, -0.25) is 24.5 Å². The van der Waals surface area contributed by atoms with Gasteiger partial charge < -0.3 is 18.9 Å². The van der Waals surface area contributed by atoms with Crippen LogP contribution in [-0.4, -0.2) is 59.5 Å². The molecule has 1 amide bonds. The normalized spacial score (nSPS) is 18.9. The van der Waals surface area contributed by atoms with Gasteiger partial charge in [0.25, 0.3) is 0 Å². The zero-order valence-electron chi connectivity index (χ0n) is 28.5. The largest absolute Gasteiger partial charge is 0.466 e. The Kier molecular flexibility index (Phi) is 12.5. The molecule has 1 N–H and O–H groups in total. The number of nitrogens with one attached hydrogen (secondary N) is 1. The summed E-state index contributed by atoms with van der Waals surface area (Å²) in [6.45, 7) is 8.42. The zero-order valence-corrected chi connectivity index (χ0v) is 28.5. The standard InChI is InChI=1S/C39H47N3O7/c1-4-22-48-36(45)14-8-11-29(39(46)47-5-2)24-30-25-32(41-49-30)33-13-9-21-42(33)35(44)23-28-17-15-27(16-18-28)19-20-34(43)38-37(40-38)31-12-7-6-10-26(31)3/h4,6-7,10,12,15-18,25,29,33,37-38,40H,1,5,8-9,11,13-14,19-24H2,2-3H3/t29?,33?,37-,38?/m1/s1. The summed E-state index contributed by atoms with van der Waals surface area (Å²) in [5, 5.41) is 7.62. The van der Waals surface area contributed by atoms with Gasteiger partial charge in [0, 0.05) is 31.9 Å². The van der Waals surface area contributed by atoms with Crippen molar-refractivity contribution in [2.24, 2.45) is 5.92 Å². The number of hydrogen-bond donors (Lipinski definition) is 1. The predicted octanol–water partition coefficient (Wildman–Crippen LogP) is 5.73. The van der Waals surface area contributed by atoms with Crippen LogP contribution in [0.15, 0.2) is 71.8 Å². The minimum Gasteiger partial charge on any atom is -0.466 e. The highest BCUT2D eigenvalue weighted by Crippen LogP contribution is 2.34. The second kappa shape index (κ2) is 17.2. The molecule has 49 heavy (non-hydrogen) atoms. The number of rotatable bonds is 18. The molecule has 0 aliphatic carbocycles. The molecule has 0 radical (unpaired) electrons. The van der Waals surface area contributed by atoms with Crippen LogP contribution in [0, 0.1) is 12.8 Å². The highest BCUT2D eigenvalue weighted by molar-refractivity contribution is 5.88. The second-order valence-electron chi connectivity index (χ2n) is 12.9. The van der Waals surface area contributed by atoms with E-state index >= 15 is 0 Å². The lowest BCUT2D eigenvalue weighted by molar-refractivity contribution is -0.149. The molecule has 0 spiro atoms. The number of carbonyl (C=O) groups is 4. The quantitative estimate of drug-likeness (QED) is 0.102. The maximum atomic E-state index is 13.4. The third kappa shape index (κ3) is 9.75. The van der Waals surface area contributed by atoms with Crippen LogP contribution in [0.5, 0.6) is 0 Å². The number of esters is 2. The first kappa shape index (κ1) is 35.7. The molecule has 0 bridgehead atoms. The third-order valence-electron chi connectivity index (χ3n) is 9.35. The SMILES string of the molecule is C=CCOC(=O)CCCC(Cc1cc(C2CCCN2C(=O)Cc2ccc(CCC(=O)C3N[C@@H]3c3ccccc3C)cc2)no1)C(=O)OCC. The zero-order chi connectivity index (χ0) is 34.8. The molecular formula is C39H47N3O7. The highest BCUT2D eigenvalue weighted by atomic mass is 16.5. The number of ketones is 1. The van der Waals surface area contributed by atoms with Crippen molar-refractivity contribution < 1.29 is 33.2 Å². The Labute approximate surface area is 288 Å². The van der Waals surface area contributed by atoms with E-state index in [1.165, 1.54) is 17.2 Å². The fraction of sp³-hybridized carbons (Fsp3) is 0.462. The summed E-state index contributed by atoms with van der Waals surface area (Å²) in [6, 6.07) is 17.7. The van der Waals surface area contributed by atoms with Crippen LogP contribution < -0.4 is 5.32 Å². The van der Waals surface area contributed by atoms with Crippen molar-refractivity contribution in [1.29, 1.82) is 0 Å². The summed E-state index contributed by atoms with van der Waals surface area (Å²) < 4.78 is 15.9. The average Bonchev–Trinajstić information content (AvgIpc) is 3.49. The van der Waals surface area contributed by atoms with E-state index in [-0.39, 0.29) is 74.2 Å². The van der Waals surface area contributed by atoms with Crippen molar-refractivity contribution in [3.63, 3.8) is 0 Å². The molecule has 3 heterocycles. The number of carbonyl (C=O) groups excluding carboxylic acids is 4. The van der Waals surface area contributed by atoms with Crippen LogP contribution >= 0.6 is 0 Å². The smallest absolute Gasteiger partial charge is 0.309 e. The van der Waals surface area contributed by atoms with Gasteiger partial charge in [-0.05, 0) is 68.2 Å². The van der Waals surface area contributed by atoms with E-state index in [9.17, 15) is 19.2 Å². The van der Waals surface area contributed by atoms with E-state index in [4.69, 9.17) is 14.0 Å². The molecule has 260 valence electrons. The molecule has 2 aliphatic rings. The molecule has 2 fully saturated rings. The Bertz CT molecular complexity index is 1610. The van der Waals surface area contributed by atoms with Crippen LogP contribution in [0.25, 0.3) is 0 Å². The van der Waals surface area contributed by atoms with Gasteiger partial charge in [0.2, 0.25) is 5.91 Å². The molecule has 2 aromatic carbocycles. The van der Waals surface area contributed by atoms with Crippen LogP contribution in [0.4, 0.5) is 0 Å². The number of hydrogen-bond acceptors (Lipinski definition) is 9. The van der Waals surface area contributed by atoms with Crippen LogP contribution in [-0.2, 0) is 47.9 Å². The van der Waals surface area contributed by atoms with E-state index in [0.29, 0.717) is 43.7 Å².